The highest BCUT2D eigenvalue weighted by Crippen LogP contribution is 2.29. The van der Waals surface area contributed by atoms with Crippen LogP contribution >= 0.6 is 11.3 Å². The molecule has 132 valence electrons. The number of hydrogen-bond acceptors (Lipinski definition) is 4. The van der Waals surface area contributed by atoms with Gasteiger partial charge in [-0.3, -0.25) is 14.7 Å². The molecule has 4 rings (SSSR count). The van der Waals surface area contributed by atoms with Crippen molar-refractivity contribution in [2.45, 2.75) is 13.0 Å². The summed E-state index contributed by atoms with van der Waals surface area (Å²) >= 11 is 1.52. The van der Waals surface area contributed by atoms with E-state index in [1.807, 2.05) is 41.3 Å². The molecule has 6 nitrogen and oxygen atoms in total. The summed E-state index contributed by atoms with van der Waals surface area (Å²) in [4.78, 5) is 28.4. The molecule has 2 N–H and O–H groups in total. The van der Waals surface area contributed by atoms with Crippen molar-refractivity contribution in [3.8, 4) is 11.3 Å². The van der Waals surface area contributed by atoms with Gasteiger partial charge in [-0.1, -0.05) is 12.1 Å². The Morgan fingerprint density at radius 3 is 2.73 bits per heavy atom. The highest BCUT2D eigenvalue weighted by molar-refractivity contribution is 7.14. The molecular weight excluding hydrogens is 348 g/mol. The molecule has 2 aromatic heterocycles. The van der Waals surface area contributed by atoms with Crippen molar-refractivity contribution in [1.29, 1.82) is 0 Å². The third-order valence-electron chi connectivity index (χ3n) is 4.55. The summed E-state index contributed by atoms with van der Waals surface area (Å²) in [7, 11) is 1.63. The summed E-state index contributed by atoms with van der Waals surface area (Å²) in [5.41, 5.74) is 3.65. The number of thiophene rings is 1. The Bertz CT molecular complexity index is 945. The number of H-pyrrole nitrogens is 1. The summed E-state index contributed by atoms with van der Waals surface area (Å²) in [5, 5.41) is 9.51. The molecule has 2 amide bonds. The van der Waals surface area contributed by atoms with Gasteiger partial charge in [0.25, 0.3) is 11.8 Å². The standard InChI is InChI=1S/C19H18N4O2S/c1-20-18(24)17-10-14-11-23(9-7-16(14)26-17)19(25)13-4-2-12(3-5-13)15-6-8-21-22-15/h2-6,8,10H,7,9,11H2,1H3,(H,20,24)(H,21,22). The van der Waals surface area contributed by atoms with E-state index < -0.39 is 0 Å². The number of amides is 2. The number of aromatic amines is 1. The second-order valence-electron chi connectivity index (χ2n) is 6.16. The molecule has 0 fully saturated rings. The summed E-state index contributed by atoms with van der Waals surface area (Å²) in [6.07, 6.45) is 2.49. The Hall–Kier alpha value is -2.93. The van der Waals surface area contributed by atoms with Crippen molar-refractivity contribution < 1.29 is 9.59 Å². The SMILES string of the molecule is CNC(=O)c1cc2c(s1)CCN(C(=O)c1ccc(-c3ccn[nH]3)cc1)C2. The number of carbonyl (C=O) groups excluding carboxylic acids is 2. The molecule has 1 aliphatic rings. The largest absolute Gasteiger partial charge is 0.354 e. The first-order chi connectivity index (χ1) is 12.7. The van der Waals surface area contributed by atoms with Crippen LogP contribution in [0.15, 0.2) is 42.6 Å². The summed E-state index contributed by atoms with van der Waals surface area (Å²) in [5.74, 6) is -0.0591. The molecule has 0 bridgehead atoms. The predicted molar refractivity (Wildman–Crippen MR) is 100 cm³/mol. The van der Waals surface area contributed by atoms with E-state index in [9.17, 15) is 9.59 Å². The Morgan fingerprint density at radius 2 is 2.04 bits per heavy atom. The van der Waals surface area contributed by atoms with E-state index in [0.717, 1.165) is 23.2 Å². The van der Waals surface area contributed by atoms with E-state index in [1.54, 1.807) is 13.2 Å². The fourth-order valence-electron chi connectivity index (χ4n) is 3.13. The van der Waals surface area contributed by atoms with E-state index >= 15 is 0 Å². The van der Waals surface area contributed by atoms with Crippen molar-refractivity contribution >= 4 is 23.2 Å². The van der Waals surface area contributed by atoms with Gasteiger partial charge in [-0.25, -0.2) is 0 Å². The summed E-state index contributed by atoms with van der Waals surface area (Å²) < 4.78 is 0. The van der Waals surface area contributed by atoms with Gasteiger partial charge < -0.3 is 10.2 Å². The Morgan fingerprint density at radius 1 is 1.23 bits per heavy atom. The van der Waals surface area contributed by atoms with Crippen molar-refractivity contribution in [3.63, 3.8) is 0 Å². The van der Waals surface area contributed by atoms with Gasteiger partial charge >= 0.3 is 0 Å². The molecule has 1 aliphatic heterocycles. The van der Waals surface area contributed by atoms with Gasteiger partial charge in [0.15, 0.2) is 0 Å². The highest BCUT2D eigenvalue weighted by atomic mass is 32.1. The monoisotopic (exact) mass is 366 g/mol. The van der Waals surface area contributed by atoms with Crippen LogP contribution in [0, 0.1) is 0 Å². The maximum absolute atomic E-state index is 12.8. The lowest BCUT2D eigenvalue weighted by molar-refractivity contribution is 0.0736. The van der Waals surface area contributed by atoms with Crippen LogP contribution in [-0.4, -0.2) is 40.5 Å². The van der Waals surface area contributed by atoms with Crippen LogP contribution in [0.25, 0.3) is 11.3 Å². The number of rotatable bonds is 3. The number of hydrogen-bond donors (Lipinski definition) is 2. The number of benzene rings is 1. The maximum atomic E-state index is 12.8. The van der Waals surface area contributed by atoms with Crippen LogP contribution in [0.3, 0.4) is 0 Å². The number of fused-ring (bicyclic) bond motifs is 1. The second-order valence-corrected chi connectivity index (χ2v) is 7.30. The van der Waals surface area contributed by atoms with Crippen molar-refractivity contribution in [1.82, 2.24) is 20.4 Å². The van der Waals surface area contributed by atoms with E-state index in [-0.39, 0.29) is 11.8 Å². The lowest BCUT2D eigenvalue weighted by Crippen LogP contribution is -2.35. The maximum Gasteiger partial charge on any atom is 0.261 e. The van der Waals surface area contributed by atoms with E-state index in [4.69, 9.17) is 0 Å². The van der Waals surface area contributed by atoms with Gasteiger partial charge in [0, 0.05) is 36.8 Å². The smallest absolute Gasteiger partial charge is 0.261 e. The van der Waals surface area contributed by atoms with Crippen LogP contribution in [0.2, 0.25) is 0 Å². The molecule has 1 aromatic carbocycles. The Balaban J connectivity index is 1.50. The first kappa shape index (κ1) is 16.5. The first-order valence-corrected chi connectivity index (χ1v) is 9.20. The average molecular weight is 366 g/mol. The fourth-order valence-corrected chi connectivity index (χ4v) is 4.24. The molecule has 3 aromatic rings. The molecule has 0 unspecified atom stereocenters. The molecule has 3 heterocycles. The number of carbonyl (C=O) groups is 2. The van der Waals surface area contributed by atoms with Gasteiger partial charge in [-0.15, -0.1) is 11.3 Å². The lowest BCUT2D eigenvalue weighted by Gasteiger charge is -2.27. The minimum Gasteiger partial charge on any atom is -0.354 e. The third kappa shape index (κ3) is 3.01. The van der Waals surface area contributed by atoms with Gasteiger partial charge in [0.05, 0.1) is 10.6 Å². The van der Waals surface area contributed by atoms with Gasteiger partial charge in [0.1, 0.15) is 0 Å². The zero-order valence-electron chi connectivity index (χ0n) is 14.3. The molecule has 0 saturated carbocycles. The zero-order valence-corrected chi connectivity index (χ0v) is 15.1. The molecule has 0 atom stereocenters. The van der Waals surface area contributed by atoms with Crippen LogP contribution < -0.4 is 5.32 Å². The molecule has 0 saturated heterocycles. The van der Waals surface area contributed by atoms with Gasteiger partial charge in [0.2, 0.25) is 0 Å². The number of nitrogens with one attached hydrogen (secondary N) is 2. The topological polar surface area (TPSA) is 78.1 Å². The second kappa shape index (κ2) is 6.76. The molecular formula is C19H18N4O2S. The lowest BCUT2D eigenvalue weighted by atomic mass is 10.1. The minimum absolute atomic E-state index is 0.0134. The van der Waals surface area contributed by atoms with Crippen LogP contribution in [0.4, 0.5) is 0 Å². The predicted octanol–water partition coefficient (Wildman–Crippen LogP) is 2.70. The molecule has 0 aliphatic carbocycles. The normalized spacial score (nSPS) is 13.3. The summed E-state index contributed by atoms with van der Waals surface area (Å²) in [6.45, 7) is 1.21. The van der Waals surface area contributed by atoms with Crippen LogP contribution in [0.1, 0.15) is 30.5 Å². The Kier molecular flexibility index (Phi) is 4.30. The first-order valence-electron chi connectivity index (χ1n) is 8.38. The van der Waals surface area contributed by atoms with Crippen molar-refractivity contribution in [3.05, 3.63) is 63.5 Å². The quantitative estimate of drug-likeness (QED) is 0.748. The third-order valence-corrected chi connectivity index (χ3v) is 5.78. The molecule has 7 heteroatoms. The van der Waals surface area contributed by atoms with E-state index in [0.29, 0.717) is 23.5 Å². The Labute approximate surface area is 154 Å². The average Bonchev–Trinajstić information content (AvgIpc) is 3.36. The fraction of sp³-hybridized carbons (Fsp3) is 0.211. The van der Waals surface area contributed by atoms with Gasteiger partial charge in [-0.2, -0.15) is 5.10 Å². The van der Waals surface area contributed by atoms with Gasteiger partial charge in [-0.05, 0) is 41.8 Å². The molecule has 0 spiro atoms. The van der Waals surface area contributed by atoms with Crippen LogP contribution in [0.5, 0.6) is 0 Å². The molecule has 26 heavy (non-hydrogen) atoms. The van der Waals surface area contributed by atoms with E-state index in [1.165, 1.54) is 16.2 Å². The van der Waals surface area contributed by atoms with E-state index in [2.05, 4.69) is 15.5 Å². The molecule has 0 radical (unpaired) electrons. The number of aromatic nitrogens is 2. The zero-order chi connectivity index (χ0) is 18.1. The van der Waals surface area contributed by atoms with Crippen molar-refractivity contribution in [2.75, 3.05) is 13.6 Å². The number of nitrogens with zero attached hydrogens (tertiary/aromatic N) is 2. The highest BCUT2D eigenvalue weighted by Gasteiger charge is 2.25. The van der Waals surface area contributed by atoms with Crippen LogP contribution in [-0.2, 0) is 13.0 Å². The van der Waals surface area contributed by atoms with Crippen molar-refractivity contribution in [2.24, 2.45) is 0 Å². The summed E-state index contributed by atoms with van der Waals surface area (Å²) in [6, 6.07) is 11.3. The minimum atomic E-state index is -0.0725.